The Kier molecular flexibility index (Phi) is 7.16. The van der Waals surface area contributed by atoms with Gasteiger partial charge in [-0.2, -0.15) is 0 Å². The van der Waals surface area contributed by atoms with E-state index in [1.165, 1.54) is 6.07 Å². The molecular formula is C18H20F2N2O3. The lowest BCUT2D eigenvalue weighted by molar-refractivity contribution is -0.116. The number of ether oxygens (including phenoxy) is 2. The van der Waals surface area contributed by atoms with Crippen molar-refractivity contribution < 1.29 is 23.0 Å². The summed E-state index contributed by atoms with van der Waals surface area (Å²) in [6.45, 7) is 1.42. The SMILES string of the molecule is COc1ccc(OCCNCCC(=O)Nc2ccc(F)cc2F)cc1. The number of carbonyl (C=O) groups is 1. The van der Waals surface area contributed by atoms with E-state index in [0.717, 1.165) is 23.6 Å². The molecule has 0 atom stereocenters. The third-order valence-electron chi connectivity index (χ3n) is 3.34. The summed E-state index contributed by atoms with van der Waals surface area (Å²) in [5, 5.41) is 5.46. The molecule has 0 aromatic heterocycles. The Bertz CT molecular complexity index is 693. The van der Waals surface area contributed by atoms with Crippen LogP contribution < -0.4 is 20.1 Å². The number of hydrogen-bond donors (Lipinski definition) is 2. The smallest absolute Gasteiger partial charge is 0.225 e. The second-order valence-corrected chi connectivity index (χ2v) is 5.20. The van der Waals surface area contributed by atoms with E-state index in [0.29, 0.717) is 19.7 Å². The number of anilines is 1. The first-order valence-corrected chi connectivity index (χ1v) is 7.81. The normalized spacial score (nSPS) is 10.4. The highest BCUT2D eigenvalue weighted by Crippen LogP contribution is 2.17. The van der Waals surface area contributed by atoms with E-state index >= 15 is 0 Å². The van der Waals surface area contributed by atoms with E-state index < -0.39 is 11.6 Å². The van der Waals surface area contributed by atoms with Crippen molar-refractivity contribution in [2.45, 2.75) is 6.42 Å². The second kappa shape index (κ2) is 9.58. The largest absolute Gasteiger partial charge is 0.497 e. The van der Waals surface area contributed by atoms with Crippen LogP contribution in [-0.4, -0.2) is 32.7 Å². The van der Waals surface area contributed by atoms with Crippen LogP contribution in [0.1, 0.15) is 6.42 Å². The van der Waals surface area contributed by atoms with Gasteiger partial charge in [0.05, 0.1) is 12.8 Å². The van der Waals surface area contributed by atoms with Crippen LogP contribution in [0.4, 0.5) is 14.5 Å². The summed E-state index contributed by atoms with van der Waals surface area (Å²) in [6.07, 6.45) is 0.166. The van der Waals surface area contributed by atoms with Gasteiger partial charge in [0.25, 0.3) is 0 Å². The summed E-state index contributed by atoms with van der Waals surface area (Å²) in [6, 6.07) is 10.2. The van der Waals surface area contributed by atoms with Gasteiger partial charge < -0.3 is 20.1 Å². The van der Waals surface area contributed by atoms with Crippen molar-refractivity contribution in [3.05, 3.63) is 54.1 Å². The van der Waals surface area contributed by atoms with E-state index in [-0.39, 0.29) is 18.0 Å². The van der Waals surface area contributed by atoms with Crippen molar-refractivity contribution in [2.24, 2.45) is 0 Å². The molecule has 0 radical (unpaired) electrons. The molecule has 2 aromatic carbocycles. The number of amides is 1. The van der Waals surface area contributed by atoms with Gasteiger partial charge in [-0.1, -0.05) is 0 Å². The molecule has 2 rings (SSSR count). The number of hydrogen-bond acceptors (Lipinski definition) is 4. The van der Waals surface area contributed by atoms with Gasteiger partial charge in [0.1, 0.15) is 29.7 Å². The van der Waals surface area contributed by atoms with Crippen molar-refractivity contribution in [3.8, 4) is 11.5 Å². The lowest BCUT2D eigenvalue weighted by atomic mass is 10.3. The van der Waals surface area contributed by atoms with E-state index in [9.17, 15) is 13.6 Å². The molecule has 0 fully saturated rings. The fraction of sp³-hybridized carbons (Fsp3) is 0.278. The van der Waals surface area contributed by atoms with Crippen molar-refractivity contribution in [2.75, 3.05) is 32.1 Å². The summed E-state index contributed by atoms with van der Waals surface area (Å²) in [4.78, 5) is 11.7. The maximum absolute atomic E-state index is 13.4. The summed E-state index contributed by atoms with van der Waals surface area (Å²) in [7, 11) is 1.60. The Balaban J connectivity index is 1.59. The molecule has 0 heterocycles. The lowest BCUT2D eigenvalue weighted by Crippen LogP contribution is -2.25. The first-order valence-electron chi connectivity index (χ1n) is 7.81. The minimum absolute atomic E-state index is 0.0331. The fourth-order valence-corrected chi connectivity index (χ4v) is 2.04. The standard InChI is InChI=1S/C18H20F2N2O3/c1-24-14-3-5-15(6-4-14)25-11-10-21-9-8-18(23)22-17-7-2-13(19)12-16(17)20/h2-7,12,21H,8-11H2,1H3,(H,22,23). The Hall–Kier alpha value is -2.67. The molecule has 7 heteroatoms. The van der Waals surface area contributed by atoms with Crippen LogP contribution >= 0.6 is 0 Å². The zero-order valence-electron chi connectivity index (χ0n) is 13.9. The van der Waals surface area contributed by atoms with Crippen molar-refractivity contribution >= 4 is 11.6 Å². The Morgan fingerprint density at radius 2 is 1.76 bits per heavy atom. The predicted octanol–water partition coefficient (Wildman–Crippen LogP) is 2.97. The highest BCUT2D eigenvalue weighted by molar-refractivity contribution is 5.90. The van der Waals surface area contributed by atoms with Gasteiger partial charge >= 0.3 is 0 Å². The zero-order chi connectivity index (χ0) is 18.1. The molecule has 0 spiro atoms. The lowest BCUT2D eigenvalue weighted by Gasteiger charge is -2.09. The van der Waals surface area contributed by atoms with E-state index in [1.54, 1.807) is 7.11 Å². The molecular weight excluding hydrogens is 330 g/mol. The van der Waals surface area contributed by atoms with Crippen molar-refractivity contribution in [3.63, 3.8) is 0 Å². The number of benzene rings is 2. The van der Waals surface area contributed by atoms with Crippen molar-refractivity contribution in [1.29, 1.82) is 0 Å². The van der Waals surface area contributed by atoms with Gasteiger partial charge in [0, 0.05) is 25.6 Å². The number of methoxy groups -OCH3 is 1. The third kappa shape index (κ3) is 6.39. The maximum atomic E-state index is 13.4. The predicted molar refractivity (Wildman–Crippen MR) is 91.0 cm³/mol. The van der Waals surface area contributed by atoms with E-state index in [2.05, 4.69) is 10.6 Å². The number of rotatable bonds is 9. The molecule has 0 saturated heterocycles. The summed E-state index contributed by atoms with van der Waals surface area (Å²) >= 11 is 0. The molecule has 2 N–H and O–H groups in total. The van der Waals surface area contributed by atoms with Gasteiger partial charge in [-0.05, 0) is 36.4 Å². The number of nitrogens with one attached hydrogen (secondary N) is 2. The highest BCUT2D eigenvalue weighted by atomic mass is 19.1. The van der Waals surface area contributed by atoms with Crippen LogP contribution in [-0.2, 0) is 4.79 Å². The molecule has 25 heavy (non-hydrogen) atoms. The van der Waals surface area contributed by atoms with Gasteiger partial charge in [0.2, 0.25) is 5.91 Å². The molecule has 5 nitrogen and oxygen atoms in total. The molecule has 0 unspecified atom stereocenters. The van der Waals surface area contributed by atoms with Crippen LogP contribution in [0.15, 0.2) is 42.5 Å². The Labute approximate surface area is 144 Å². The third-order valence-corrected chi connectivity index (χ3v) is 3.34. The minimum atomic E-state index is -0.797. The second-order valence-electron chi connectivity index (χ2n) is 5.20. The summed E-state index contributed by atoms with van der Waals surface area (Å²) < 4.78 is 36.8. The van der Waals surface area contributed by atoms with Gasteiger partial charge in [0.15, 0.2) is 0 Å². The van der Waals surface area contributed by atoms with Gasteiger partial charge in [-0.15, -0.1) is 0 Å². The molecule has 2 aromatic rings. The van der Waals surface area contributed by atoms with Crippen LogP contribution in [0.25, 0.3) is 0 Å². The van der Waals surface area contributed by atoms with Gasteiger partial charge in [-0.3, -0.25) is 4.79 Å². The van der Waals surface area contributed by atoms with Crippen molar-refractivity contribution in [1.82, 2.24) is 5.32 Å². The first-order chi connectivity index (χ1) is 12.1. The maximum Gasteiger partial charge on any atom is 0.225 e. The minimum Gasteiger partial charge on any atom is -0.497 e. The number of halogens is 2. The molecule has 0 aliphatic carbocycles. The number of carbonyl (C=O) groups excluding carboxylic acids is 1. The van der Waals surface area contributed by atoms with Crippen LogP contribution in [0.5, 0.6) is 11.5 Å². The van der Waals surface area contributed by atoms with E-state index in [1.807, 2.05) is 24.3 Å². The Morgan fingerprint density at radius 1 is 1.04 bits per heavy atom. The zero-order valence-corrected chi connectivity index (χ0v) is 13.9. The van der Waals surface area contributed by atoms with Crippen LogP contribution in [0.3, 0.4) is 0 Å². The quantitative estimate of drug-likeness (QED) is 0.683. The molecule has 0 aliphatic rings. The average molecular weight is 350 g/mol. The van der Waals surface area contributed by atoms with Crippen LogP contribution in [0, 0.1) is 11.6 Å². The molecule has 0 bridgehead atoms. The topological polar surface area (TPSA) is 59.6 Å². The first kappa shape index (κ1) is 18.7. The fourth-order valence-electron chi connectivity index (χ4n) is 2.04. The molecule has 134 valence electrons. The van der Waals surface area contributed by atoms with Gasteiger partial charge in [-0.25, -0.2) is 8.78 Å². The average Bonchev–Trinajstić information content (AvgIpc) is 2.61. The monoisotopic (exact) mass is 350 g/mol. The molecule has 1 amide bonds. The molecule has 0 saturated carbocycles. The van der Waals surface area contributed by atoms with E-state index in [4.69, 9.17) is 9.47 Å². The molecule has 0 aliphatic heterocycles. The van der Waals surface area contributed by atoms with Crippen LogP contribution in [0.2, 0.25) is 0 Å². The highest BCUT2D eigenvalue weighted by Gasteiger charge is 2.07. The summed E-state index contributed by atoms with van der Waals surface area (Å²) in [5.74, 6) is -0.349. The summed E-state index contributed by atoms with van der Waals surface area (Å²) in [5.41, 5.74) is -0.0331. The Morgan fingerprint density at radius 3 is 2.44 bits per heavy atom.